The lowest BCUT2D eigenvalue weighted by Gasteiger charge is -2.17. The molecule has 0 unspecified atom stereocenters. The standard InChI is InChI=1S/C23H25FN4O5/c1-13-6-7-14(10-16(13)24)22-26-21(33-27-22)9-8-20(29)25-17-12-19(32-5)18(31-4)11-15(17)23(30)28(2)3/h6-7,10-12H,8-9H2,1-5H3,(H,25,29). The van der Waals surface area contributed by atoms with E-state index in [4.69, 9.17) is 14.0 Å². The molecule has 33 heavy (non-hydrogen) atoms. The topological polar surface area (TPSA) is 107 Å². The van der Waals surface area contributed by atoms with E-state index in [0.29, 0.717) is 22.6 Å². The number of ether oxygens (including phenoxy) is 2. The lowest BCUT2D eigenvalue weighted by molar-refractivity contribution is -0.116. The van der Waals surface area contributed by atoms with Gasteiger partial charge in [-0.15, -0.1) is 0 Å². The minimum Gasteiger partial charge on any atom is -0.493 e. The van der Waals surface area contributed by atoms with E-state index in [1.807, 2.05) is 0 Å². The van der Waals surface area contributed by atoms with Crippen molar-refractivity contribution in [1.29, 1.82) is 0 Å². The predicted molar refractivity (Wildman–Crippen MR) is 119 cm³/mol. The monoisotopic (exact) mass is 456 g/mol. The fraction of sp³-hybridized carbons (Fsp3) is 0.304. The second-order valence-corrected chi connectivity index (χ2v) is 7.48. The summed E-state index contributed by atoms with van der Waals surface area (Å²) in [5.41, 5.74) is 1.54. The molecule has 3 rings (SSSR count). The van der Waals surface area contributed by atoms with Crippen LogP contribution in [0.25, 0.3) is 11.4 Å². The van der Waals surface area contributed by atoms with Crippen LogP contribution in [0.15, 0.2) is 34.9 Å². The average molecular weight is 456 g/mol. The van der Waals surface area contributed by atoms with E-state index < -0.39 is 0 Å². The van der Waals surface area contributed by atoms with Gasteiger partial charge in [0, 0.05) is 38.6 Å². The van der Waals surface area contributed by atoms with Crippen molar-refractivity contribution in [2.45, 2.75) is 19.8 Å². The number of amides is 2. The fourth-order valence-corrected chi connectivity index (χ4v) is 3.04. The van der Waals surface area contributed by atoms with Crippen LogP contribution in [-0.2, 0) is 11.2 Å². The number of anilines is 1. The summed E-state index contributed by atoms with van der Waals surface area (Å²) >= 11 is 0. The number of nitrogens with zero attached hydrogens (tertiary/aromatic N) is 3. The molecule has 0 atom stereocenters. The summed E-state index contributed by atoms with van der Waals surface area (Å²) in [4.78, 5) is 30.8. The third-order valence-corrected chi connectivity index (χ3v) is 4.90. The molecule has 2 aromatic carbocycles. The molecule has 0 bridgehead atoms. The first kappa shape index (κ1) is 23.7. The van der Waals surface area contributed by atoms with E-state index in [2.05, 4.69) is 15.5 Å². The van der Waals surface area contributed by atoms with Gasteiger partial charge < -0.3 is 24.2 Å². The SMILES string of the molecule is COc1cc(NC(=O)CCc2nc(-c3ccc(C)c(F)c3)no2)c(C(=O)N(C)C)cc1OC. The molecule has 0 radical (unpaired) electrons. The van der Waals surface area contributed by atoms with Crippen LogP contribution in [0.4, 0.5) is 10.1 Å². The number of rotatable bonds is 8. The molecular formula is C23H25FN4O5. The third-order valence-electron chi connectivity index (χ3n) is 4.90. The molecule has 174 valence electrons. The smallest absolute Gasteiger partial charge is 0.255 e. The average Bonchev–Trinajstić information content (AvgIpc) is 3.27. The number of methoxy groups -OCH3 is 2. The first-order chi connectivity index (χ1) is 15.7. The summed E-state index contributed by atoms with van der Waals surface area (Å²) in [7, 11) is 6.14. The van der Waals surface area contributed by atoms with E-state index in [1.54, 1.807) is 33.2 Å². The van der Waals surface area contributed by atoms with Crippen molar-refractivity contribution in [1.82, 2.24) is 15.0 Å². The Morgan fingerprint density at radius 3 is 2.45 bits per heavy atom. The van der Waals surface area contributed by atoms with Crippen LogP contribution >= 0.6 is 0 Å². The number of aromatic nitrogens is 2. The number of carbonyl (C=O) groups is 2. The summed E-state index contributed by atoms with van der Waals surface area (Å²) in [6.07, 6.45) is 0.186. The molecule has 2 amide bonds. The maximum Gasteiger partial charge on any atom is 0.255 e. The lowest BCUT2D eigenvalue weighted by atomic mass is 10.1. The Kier molecular flexibility index (Phi) is 7.27. The molecule has 3 aromatic rings. The number of hydrogen-bond donors (Lipinski definition) is 1. The molecular weight excluding hydrogens is 431 g/mol. The van der Waals surface area contributed by atoms with Crippen LogP contribution in [0.5, 0.6) is 11.5 Å². The number of benzene rings is 2. The molecule has 9 nitrogen and oxygen atoms in total. The largest absolute Gasteiger partial charge is 0.493 e. The summed E-state index contributed by atoms with van der Waals surface area (Å²) in [5.74, 6) is 0.174. The zero-order valence-electron chi connectivity index (χ0n) is 19.1. The fourth-order valence-electron chi connectivity index (χ4n) is 3.04. The number of nitrogens with one attached hydrogen (secondary N) is 1. The summed E-state index contributed by atoms with van der Waals surface area (Å²) in [6.45, 7) is 1.66. The van der Waals surface area contributed by atoms with Gasteiger partial charge in [0.1, 0.15) is 5.82 Å². The molecule has 0 saturated carbocycles. The summed E-state index contributed by atoms with van der Waals surface area (Å²) in [5, 5.41) is 6.59. The molecule has 0 fully saturated rings. The first-order valence-corrected chi connectivity index (χ1v) is 10.1. The van der Waals surface area contributed by atoms with Crippen LogP contribution < -0.4 is 14.8 Å². The maximum atomic E-state index is 13.8. The van der Waals surface area contributed by atoms with E-state index in [0.717, 1.165) is 0 Å². The van der Waals surface area contributed by atoms with Gasteiger partial charge in [-0.1, -0.05) is 17.3 Å². The molecule has 0 saturated heterocycles. The summed E-state index contributed by atoms with van der Waals surface area (Å²) in [6, 6.07) is 7.70. The highest BCUT2D eigenvalue weighted by Gasteiger charge is 2.20. The van der Waals surface area contributed by atoms with Crippen molar-refractivity contribution < 1.29 is 28.0 Å². The van der Waals surface area contributed by atoms with Crippen molar-refractivity contribution in [3.05, 3.63) is 53.2 Å². The van der Waals surface area contributed by atoms with E-state index in [9.17, 15) is 14.0 Å². The number of aryl methyl sites for hydroxylation is 2. The van der Waals surface area contributed by atoms with Crippen molar-refractivity contribution >= 4 is 17.5 Å². The molecule has 0 spiro atoms. The Balaban J connectivity index is 1.73. The van der Waals surface area contributed by atoms with Crippen LogP contribution in [0.1, 0.15) is 28.2 Å². The number of halogens is 1. The number of hydrogen-bond acceptors (Lipinski definition) is 7. The van der Waals surface area contributed by atoms with Gasteiger partial charge in [-0.25, -0.2) is 4.39 Å². The molecule has 0 aliphatic heterocycles. The highest BCUT2D eigenvalue weighted by atomic mass is 19.1. The maximum absolute atomic E-state index is 13.8. The Morgan fingerprint density at radius 1 is 1.12 bits per heavy atom. The van der Waals surface area contributed by atoms with Gasteiger partial charge in [0.05, 0.1) is 25.5 Å². The Morgan fingerprint density at radius 2 is 1.82 bits per heavy atom. The van der Waals surface area contributed by atoms with Gasteiger partial charge in [-0.2, -0.15) is 4.98 Å². The van der Waals surface area contributed by atoms with Crippen LogP contribution in [0.2, 0.25) is 0 Å². The van der Waals surface area contributed by atoms with E-state index in [-0.39, 0.29) is 53.4 Å². The highest BCUT2D eigenvalue weighted by molar-refractivity contribution is 6.04. The molecule has 0 aliphatic rings. The molecule has 0 aliphatic carbocycles. The first-order valence-electron chi connectivity index (χ1n) is 10.1. The molecule has 1 aromatic heterocycles. The summed E-state index contributed by atoms with van der Waals surface area (Å²) < 4.78 is 29.5. The quantitative estimate of drug-likeness (QED) is 0.553. The second kappa shape index (κ2) is 10.1. The van der Waals surface area contributed by atoms with Crippen molar-refractivity contribution in [3.63, 3.8) is 0 Å². The minimum atomic E-state index is -0.365. The van der Waals surface area contributed by atoms with Crippen molar-refractivity contribution in [2.75, 3.05) is 33.6 Å². The van der Waals surface area contributed by atoms with Gasteiger partial charge in [0.15, 0.2) is 11.5 Å². The Hall–Kier alpha value is -3.95. The minimum absolute atomic E-state index is 0.0217. The van der Waals surface area contributed by atoms with Gasteiger partial charge in [-0.05, 0) is 24.6 Å². The zero-order chi connectivity index (χ0) is 24.1. The second-order valence-electron chi connectivity index (χ2n) is 7.48. The van der Waals surface area contributed by atoms with Gasteiger partial charge >= 0.3 is 0 Å². The Bertz CT molecular complexity index is 1180. The van der Waals surface area contributed by atoms with Crippen LogP contribution in [0.3, 0.4) is 0 Å². The van der Waals surface area contributed by atoms with Gasteiger partial charge in [0.2, 0.25) is 17.6 Å². The van der Waals surface area contributed by atoms with E-state index >= 15 is 0 Å². The molecule has 1 heterocycles. The third kappa shape index (κ3) is 5.46. The normalized spacial score (nSPS) is 10.6. The number of carbonyl (C=O) groups excluding carboxylic acids is 2. The van der Waals surface area contributed by atoms with Crippen LogP contribution in [-0.4, -0.2) is 55.2 Å². The van der Waals surface area contributed by atoms with Crippen LogP contribution in [0, 0.1) is 12.7 Å². The van der Waals surface area contributed by atoms with Crippen molar-refractivity contribution in [2.24, 2.45) is 0 Å². The predicted octanol–water partition coefficient (Wildman–Crippen LogP) is 3.47. The van der Waals surface area contributed by atoms with E-state index in [1.165, 1.54) is 37.3 Å². The highest BCUT2D eigenvalue weighted by Crippen LogP contribution is 2.34. The molecule has 1 N–H and O–H groups in total. The van der Waals surface area contributed by atoms with Crippen molar-refractivity contribution in [3.8, 4) is 22.9 Å². The van der Waals surface area contributed by atoms with Gasteiger partial charge in [0.25, 0.3) is 5.91 Å². The Labute approximate surface area is 190 Å². The molecule has 10 heteroatoms. The zero-order valence-corrected chi connectivity index (χ0v) is 19.1. The lowest BCUT2D eigenvalue weighted by Crippen LogP contribution is -2.24. The van der Waals surface area contributed by atoms with Gasteiger partial charge in [-0.3, -0.25) is 9.59 Å².